The fraction of sp³-hybridized carbons (Fsp3) is 0.417. The molecule has 0 saturated heterocycles. The van der Waals surface area contributed by atoms with E-state index in [1.165, 1.54) is 12.1 Å². The van der Waals surface area contributed by atoms with Gasteiger partial charge in [-0.2, -0.15) is 0 Å². The number of hydrogen-bond donors (Lipinski definition) is 1. The second-order valence-corrected chi connectivity index (χ2v) is 8.33. The summed E-state index contributed by atoms with van der Waals surface area (Å²) in [7, 11) is 1.34. The van der Waals surface area contributed by atoms with Crippen LogP contribution in [0.1, 0.15) is 20.3 Å². The fourth-order valence-corrected chi connectivity index (χ4v) is 3.57. The number of carbonyl (C=O) groups excluding carboxylic acids is 1. The average molecular weight is 419 g/mol. The summed E-state index contributed by atoms with van der Waals surface area (Å²) in [4.78, 5) is 11.2. The summed E-state index contributed by atoms with van der Waals surface area (Å²) < 4.78 is 28.8. The van der Waals surface area contributed by atoms with Gasteiger partial charge >= 0.3 is 0 Å². The van der Waals surface area contributed by atoms with Crippen molar-refractivity contribution in [1.82, 2.24) is 5.32 Å². The highest BCUT2D eigenvalue weighted by Crippen LogP contribution is 2.37. The maximum Gasteiger partial charge on any atom is 0.265 e. The summed E-state index contributed by atoms with van der Waals surface area (Å²) in [6.45, 7) is 3.66. The van der Waals surface area contributed by atoms with Gasteiger partial charge in [0.2, 0.25) is 5.91 Å². The van der Waals surface area contributed by atoms with Crippen molar-refractivity contribution >= 4 is 53.2 Å². The molecule has 0 aliphatic carbocycles. The third-order valence-corrected chi connectivity index (χ3v) is 4.33. The Balaban J connectivity index is 2.87. The van der Waals surface area contributed by atoms with E-state index in [1.54, 1.807) is 0 Å². The molecule has 9 heteroatoms. The Hall–Kier alpha value is -0.500. The van der Waals surface area contributed by atoms with Crippen LogP contribution in [0.25, 0.3) is 0 Å². The molecule has 1 aromatic rings. The maximum absolute atomic E-state index is 11.5. The van der Waals surface area contributed by atoms with Crippen molar-refractivity contribution < 1.29 is 17.9 Å². The third-order valence-electron chi connectivity index (χ3n) is 2.26. The molecule has 0 radical (unpaired) electrons. The average Bonchev–Trinajstić information content (AvgIpc) is 2.29. The first-order valence-corrected chi connectivity index (χ1v) is 9.45. The van der Waals surface area contributed by atoms with E-state index in [0.29, 0.717) is 4.47 Å². The largest absolute Gasteiger partial charge is 0.490 e. The van der Waals surface area contributed by atoms with Crippen LogP contribution >= 0.6 is 38.2 Å². The van der Waals surface area contributed by atoms with E-state index in [4.69, 9.17) is 27.0 Å². The van der Waals surface area contributed by atoms with Gasteiger partial charge in [-0.1, -0.05) is 27.5 Å². The second-order valence-electron chi connectivity index (χ2n) is 4.47. The molecule has 1 rings (SSSR count). The number of halogens is 3. The molecule has 1 aromatic carbocycles. The lowest BCUT2D eigenvalue weighted by Crippen LogP contribution is -2.31. The number of ether oxygens (including phenoxy) is 1. The van der Waals surface area contributed by atoms with Crippen LogP contribution in [0.4, 0.5) is 0 Å². The molecule has 1 N–H and O–H groups in total. The first-order valence-electron chi connectivity index (χ1n) is 5.97. The summed E-state index contributed by atoms with van der Waals surface area (Å²) >= 11 is 9.09. The summed E-state index contributed by atoms with van der Waals surface area (Å²) in [6.07, 6.45) is 0.0757. The Kier molecular flexibility index (Phi) is 6.77. The molecule has 1 amide bonds. The van der Waals surface area contributed by atoms with Crippen molar-refractivity contribution in [2.24, 2.45) is 0 Å². The van der Waals surface area contributed by atoms with Gasteiger partial charge in [-0.15, -0.1) is 0 Å². The van der Waals surface area contributed by atoms with Crippen LogP contribution in [-0.4, -0.2) is 27.0 Å². The van der Waals surface area contributed by atoms with Gasteiger partial charge in [-0.3, -0.25) is 4.79 Å². The zero-order chi connectivity index (χ0) is 16.2. The predicted molar refractivity (Wildman–Crippen MR) is 85.6 cm³/mol. The Morgan fingerprint density at radius 2 is 2.05 bits per heavy atom. The molecule has 0 aromatic heterocycles. The standard InChI is InChI=1S/C12H14BrCl2NO4S/c1-7(2)16-11(17)3-4-20-12-9(14)5-8(13)6-10(12)21(15,18)19/h5-7H,3-4H2,1-2H3,(H,16,17). The van der Waals surface area contributed by atoms with Gasteiger partial charge < -0.3 is 10.1 Å². The highest BCUT2D eigenvalue weighted by Gasteiger charge is 2.21. The van der Waals surface area contributed by atoms with E-state index in [-0.39, 0.29) is 40.6 Å². The highest BCUT2D eigenvalue weighted by molar-refractivity contribution is 9.10. The summed E-state index contributed by atoms with van der Waals surface area (Å²) in [6, 6.07) is 2.79. The predicted octanol–water partition coefficient (Wildman–Crippen LogP) is 3.32. The second kappa shape index (κ2) is 7.67. The van der Waals surface area contributed by atoms with E-state index >= 15 is 0 Å². The Bertz CT molecular complexity index is 634. The normalized spacial score (nSPS) is 11.5. The van der Waals surface area contributed by atoms with Crippen LogP contribution in [0.2, 0.25) is 5.02 Å². The van der Waals surface area contributed by atoms with Gasteiger partial charge in [-0.25, -0.2) is 8.42 Å². The van der Waals surface area contributed by atoms with E-state index in [0.717, 1.165) is 0 Å². The first kappa shape index (κ1) is 18.5. The highest BCUT2D eigenvalue weighted by atomic mass is 79.9. The number of hydrogen-bond acceptors (Lipinski definition) is 4. The van der Waals surface area contributed by atoms with Crippen molar-refractivity contribution in [3.63, 3.8) is 0 Å². The van der Waals surface area contributed by atoms with Gasteiger partial charge in [0.1, 0.15) is 4.90 Å². The lowest BCUT2D eigenvalue weighted by Gasteiger charge is -2.13. The molecule has 0 saturated carbocycles. The van der Waals surface area contributed by atoms with Gasteiger partial charge in [0.05, 0.1) is 18.1 Å². The van der Waals surface area contributed by atoms with E-state index < -0.39 is 9.05 Å². The molecule has 118 valence electrons. The molecule has 0 heterocycles. The van der Waals surface area contributed by atoms with Crippen LogP contribution in [-0.2, 0) is 13.8 Å². The Labute approximate surface area is 141 Å². The molecule has 0 aliphatic heterocycles. The maximum atomic E-state index is 11.5. The molecule has 0 bridgehead atoms. The molecule has 0 aliphatic rings. The topological polar surface area (TPSA) is 72.5 Å². The van der Waals surface area contributed by atoms with Crippen LogP contribution in [0, 0.1) is 0 Å². The van der Waals surface area contributed by atoms with Crippen LogP contribution in [0.3, 0.4) is 0 Å². The summed E-state index contributed by atoms with van der Waals surface area (Å²) in [5, 5.41) is 2.78. The van der Waals surface area contributed by atoms with Gasteiger partial charge in [0, 0.05) is 21.2 Å². The van der Waals surface area contributed by atoms with Crippen LogP contribution in [0.5, 0.6) is 5.75 Å². The molecule has 0 fully saturated rings. The summed E-state index contributed by atoms with van der Waals surface area (Å²) in [5.74, 6) is -0.263. The lowest BCUT2D eigenvalue weighted by molar-refractivity contribution is -0.122. The number of rotatable bonds is 6. The third kappa shape index (κ3) is 6.02. The van der Waals surface area contributed by atoms with E-state index in [9.17, 15) is 13.2 Å². The number of carbonyl (C=O) groups is 1. The quantitative estimate of drug-likeness (QED) is 0.719. The molecule has 0 atom stereocenters. The van der Waals surface area contributed by atoms with Gasteiger partial charge in [0.15, 0.2) is 5.75 Å². The van der Waals surface area contributed by atoms with E-state index in [2.05, 4.69) is 21.2 Å². The minimum absolute atomic E-state index is 0.0146. The number of nitrogens with one attached hydrogen (secondary N) is 1. The van der Waals surface area contributed by atoms with Gasteiger partial charge in [0.25, 0.3) is 9.05 Å². The van der Waals surface area contributed by atoms with Crippen molar-refractivity contribution in [2.75, 3.05) is 6.61 Å². The zero-order valence-corrected chi connectivity index (χ0v) is 15.2. The SMILES string of the molecule is CC(C)NC(=O)CCOc1c(Cl)cc(Br)cc1S(=O)(=O)Cl. The summed E-state index contributed by atoms with van der Waals surface area (Å²) in [5.41, 5.74) is 0. The first-order chi connectivity index (χ1) is 9.61. The molecule has 5 nitrogen and oxygen atoms in total. The molecule has 0 unspecified atom stereocenters. The Morgan fingerprint density at radius 1 is 1.43 bits per heavy atom. The molecular formula is C12H14BrCl2NO4S. The zero-order valence-electron chi connectivity index (χ0n) is 11.3. The van der Waals surface area contributed by atoms with Crippen molar-refractivity contribution in [2.45, 2.75) is 31.2 Å². The minimum Gasteiger partial charge on any atom is -0.490 e. The fourth-order valence-electron chi connectivity index (χ4n) is 1.50. The van der Waals surface area contributed by atoms with Crippen molar-refractivity contribution in [1.29, 1.82) is 0 Å². The van der Waals surface area contributed by atoms with Crippen LogP contribution < -0.4 is 10.1 Å². The molecular weight excluding hydrogens is 405 g/mol. The van der Waals surface area contributed by atoms with E-state index in [1.807, 2.05) is 13.8 Å². The monoisotopic (exact) mass is 417 g/mol. The molecule has 21 heavy (non-hydrogen) atoms. The molecule has 0 spiro atoms. The minimum atomic E-state index is -4.02. The van der Waals surface area contributed by atoms with Crippen molar-refractivity contribution in [3.05, 3.63) is 21.6 Å². The number of amides is 1. The van der Waals surface area contributed by atoms with Gasteiger partial charge in [-0.05, 0) is 26.0 Å². The number of benzene rings is 1. The Morgan fingerprint density at radius 3 is 2.57 bits per heavy atom. The lowest BCUT2D eigenvalue weighted by atomic mass is 10.3. The smallest absolute Gasteiger partial charge is 0.265 e. The van der Waals surface area contributed by atoms with Crippen molar-refractivity contribution in [3.8, 4) is 5.75 Å². The van der Waals surface area contributed by atoms with Crippen LogP contribution in [0.15, 0.2) is 21.5 Å².